The van der Waals surface area contributed by atoms with Crippen LogP contribution in [0.15, 0.2) is 48.5 Å². The molecule has 2 heterocycles. The fourth-order valence-electron chi connectivity index (χ4n) is 4.07. The Morgan fingerprint density at radius 3 is 2.58 bits per heavy atom. The van der Waals surface area contributed by atoms with E-state index in [1.165, 1.54) is 12.1 Å². The lowest BCUT2D eigenvalue weighted by Gasteiger charge is -2.45. The molecule has 0 radical (unpaired) electrons. The van der Waals surface area contributed by atoms with E-state index in [4.69, 9.17) is 4.74 Å². The molecule has 2 aromatic rings. The molecule has 4 unspecified atom stereocenters. The second kappa shape index (κ2) is 6.59. The first-order valence-electron chi connectivity index (χ1n) is 8.72. The van der Waals surface area contributed by atoms with Crippen molar-refractivity contribution in [1.29, 1.82) is 0 Å². The number of nitrogens with one attached hydrogen (secondary N) is 1. The molecule has 1 fully saturated rings. The quantitative estimate of drug-likeness (QED) is 0.822. The number of aliphatic hydroxyl groups is 1. The lowest BCUT2D eigenvalue weighted by molar-refractivity contribution is -0.137. The van der Waals surface area contributed by atoms with Crippen LogP contribution in [0.5, 0.6) is 0 Å². The Morgan fingerprint density at radius 2 is 1.88 bits per heavy atom. The second-order valence-corrected chi connectivity index (χ2v) is 7.03. The average Bonchev–Trinajstić information content (AvgIpc) is 2.66. The van der Waals surface area contributed by atoms with E-state index in [1.807, 2.05) is 30.3 Å². The minimum atomic E-state index is -4.39. The maximum Gasteiger partial charge on any atom is 0.416 e. The molecular formula is C20H20F3NO2. The number of fused-ring (bicyclic) bond motifs is 3. The second-order valence-electron chi connectivity index (χ2n) is 7.03. The molecule has 26 heavy (non-hydrogen) atoms. The van der Waals surface area contributed by atoms with Crippen molar-refractivity contribution < 1.29 is 23.0 Å². The molecule has 1 saturated heterocycles. The molecule has 2 aliphatic rings. The Labute approximate surface area is 149 Å². The first-order chi connectivity index (χ1) is 12.5. The van der Waals surface area contributed by atoms with Crippen LogP contribution in [-0.2, 0) is 10.9 Å². The van der Waals surface area contributed by atoms with Crippen LogP contribution in [-0.4, -0.2) is 18.3 Å². The van der Waals surface area contributed by atoms with E-state index in [2.05, 4.69) is 5.32 Å². The number of alkyl halides is 3. The van der Waals surface area contributed by atoms with Crippen molar-refractivity contribution in [3.05, 3.63) is 65.2 Å². The van der Waals surface area contributed by atoms with E-state index in [0.29, 0.717) is 24.3 Å². The van der Waals surface area contributed by atoms with Gasteiger partial charge in [-0.3, -0.25) is 0 Å². The third-order valence-electron chi connectivity index (χ3n) is 5.35. The number of benzene rings is 2. The van der Waals surface area contributed by atoms with Crippen LogP contribution >= 0.6 is 0 Å². The Balaban J connectivity index is 1.77. The van der Waals surface area contributed by atoms with Gasteiger partial charge < -0.3 is 15.2 Å². The van der Waals surface area contributed by atoms with Gasteiger partial charge in [0.05, 0.1) is 24.3 Å². The summed E-state index contributed by atoms with van der Waals surface area (Å²) >= 11 is 0. The zero-order valence-corrected chi connectivity index (χ0v) is 14.0. The standard InChI is InChI=1S/C20H20F3NO2/c21-20(22,23)14-6-7-17-15(9-14)19-16(8-12(10-25)11-26-19)18(24-17)13-4-2-1-3-5-13/h1-7,9,12,16,18-19,24-25H,8,10-11H2. The molecule has 0 aromatic heterocycles. The zero-order valence-electron chi connectivity index (χ0n) is 14.0. The molecule has 0 amide bonds. The van der Waals surface area contributed by atoms with Crippen molar-refractivity contribution >= 4 is 5.69 Å². The van der Waals surface area contributed by atoms with Crippen LogP contribution in [0.25, 0.3) is 0 Å². The fraction of sp³-hybridized carbons (Fsp3) is 0.400. The van der Waals surface area contributed by atoms with Gasteiger partial charge in [-0.05, 0) is 30.2 Å². The first-order valence-corrected chi connectivity index (χ1v) is 8.72. The van der Waals surface area contributed by atoms with Gasteiger partial charge in [0.2, 0.25) is 0 Å². The van der Waals surface area contributed by atoms with Gasteiger partial charge in [0.15, 0.2) is 0 Å². The Morgan fingerprint density at radius 1 is 1.12 bits per heavy atom. The summed E-state index contributed by atoms with van der Waals surface area (Å²) in [5, 5.41) is 12.9. The number of anilines is 1. The molecule has 0 saturated carbocycles. The minimum absolute atomic E-state index is 0.00314. The topological polar surface area (TPSA) is 41.5 Å². The van der Waals surface area contributed by atoms with Crippen molar-refractivity contribution in [3.63, 3.8) is 0 Å². The predicted octanol–water partition coefficient (Wildman–Crippen LogP) is 4.56. The number of rotatable bonds is 2. The van der Waals surface area contributed by atoms with Crippen LogP contribution in [0.2, 0.25) is 0 Å². The zero-order chi connectivity index (χ0) is 18.3. The van der Waals surface area contributed by atoms with Crippen molar-refractivity contribution in [2.24, 2.45) is 11.8 Å². The molecule has 6 heteroatoms. The maximum atomic E-state index is 13.1. The molecule has 2 aliphatic heterocycles. The molecule has 4 atom stereocenters. The smallest absolute Gasteiger partial charge is 0.396 e. The summed E-state index contributed by atoms with van der Waals surface area (Å²) in [6.45, 7) is 0.370. The number of aliphatic hydroxyl groups excluding tert-OH is 1. The van der Waals surface area contributed by atoms with Gasteiger partial charge in [0.25, 0.3) is 0 Å². The highest BCUT2D eigenvalue weighted by Gasteiger charge is 2.43. The summed E-state index contributed by atoms with van der Waals surface area (Å²) < 4.78 is 45.4. The SMILES string of the molecule is OCC1COC2c3cc(C(F)(F)F)ccc3NC(c3ccccc3)C2C1. The van der Waals surface area contributed by atoms with Crippen LogP contribution < -0.4 is 5.32 Å². The highest BCUT2D eigenvalue weighted by Crippen LogP contribution is 2.51. The molecule has 2 N–H and O–H groups in total. The minimum Gasteiger partial charge on any atom is -0.396 e. The molecule has 4 rings (SSSR count). The predicted molar refractivity (Wildman–Crippen MR) is 91.6 cm³/mol. The summed E-state index contributed by atoms with van der Waals surface area (Å²) in [5.41, 5.74) is 1.63. The van der Waals surface area contributed by atoms with Crippen molar-refractivity contribution in [3.8, 4) is 0 Å². The van der Waals surface area contributed by atoms with E-state index >= 15 is 0 Å². The van der Waals surface area contributed by atoms with E-state index in [9.17, 15) is 18.3 Å². The monoisotopic (exact) mass is 363 g/mol. The van der Waals surface area contributed by atoms with Crippen LogP contribution in [0.1, 0.15) is 35.3 Å². The molecule has 0 bridgehead atoms. The summed E-state index contributed by atoms with van der Waals surface area (Å²) in [4.78, 5) is 0. The van der Waals surface area contributed by atoms with Gasteiger partial charge in [-0.25, -0.2) is 0 Å². The number of hydrogen-bond donors (Lipinski definition) is 2. The Hall–Kier alpha value is -2.05. The van der Waals surface area contributed by atoms with Crippen LogP contribution in [0.3, 0.4) is 0 Å². The highest BCUT2D eigenvalue weighted by molar-refractivity contribution is 5.58. The molecule has 2 aromatic carbocycles. The maximum absolute atomic E-state index is 13.1. The van der Waals surface area contributed by atoms with Crippen molar-refractivity contribution in [2.75, 3.05) is 18.5 Å². The molecule has 0 spiro atoms. The summed E-state index contributed by atoms with van der Waals surface area (Å²) in [5.74, 6) is -0.0455. The van der Waals surface area contributed by atoms with Gasteiger partial charge >= 0.3 is 6.18 Å². The summed E-state index contributed by atoms with van der Waals surface area (Å²) in [7, 11) is 0. The van der Waals surface area contributed by atoms with E-state index in [0.717, 1.165) is 11.6 Å². The average molecular weight is 363 g/mol. The largest absolute Gasteiger partial charge is 0.416 e. The molecular weight excluding hydrogens is 343 g/mol. The molecule has 3 nitrogen and oxygen atoms in total. The Kier molecular flexibility index (Phi) is 4.40. The van der Waals surface area contributed by atoms with Gasteiger partial charge in [-0.15, -0.1) is 0 Å². The Bertz CT molecular complexity index is 778. The van der Waals surface area contributed by atoms with E-state index < -0.39 is 17.8 Å². The normalized spacial score (nSPS) is 28.0. The van der Waals surface area contributed by atoms with Gasteiger partial charge in [-0.2, -0.15) is 13.2 Å². The third kappa shape index (κ3) is 3.08. The molecule has 0 aliphatic carbocycles. The van der Waals surface area contributed by atoms with Crippen molar-refractivity contribution in [2.45, 2.75) is 24.7 Å². The lowest BCUT2D eigenvalue weighted by atomic mass is 9.75. The fourth-order valence-corrected chi connectivity index (χ4v) is 4.07. The van der Waals surface area contributed by atoms with E-state index in [1.54, 1.807) is 0 Å². The summed E-state index contributed by atoms with van der Waals surface area (Å²) in [6.07, 6.45) is -4.10. The van der Waals surface area contributed by atoms with Gasteiger partial charge in [0.1, 0.15) is 0 Å². The third-order valence-corrected chi connectivity index (χ3v) is 5.35. The summed E-state index contributed by atoms with van der Waals surface area (Å²) in [6, 6.07) is 13.6. The number of halogens is 3. The highest BCUT2D eigenvalue weighted by atomic mass is 19.4. The number of ether oxygens (including phenoxy) is 1. The first kappa shape index (κ1) is 17.4. The van der Waals surface area contributed by atoms with E-state index in [-0.39, 0.29) is 24.5 Å². The van der Waals surface area contributed by atoms with Crippen molar-refractivity contribution in [1.82, 2.24) is 0 Å². The van der Waals surface area contributed by atoms with Gasteiger partial charge in [-0.1, -0.05) is 30.3 Å². The number of hydrogen-bond acceptors (Lipinski definition) is 3. The molecule has 138 valence electrons. The van der Waals surface area contributed by atoms with Crippen LogP contribution in [0.4, 0.5) is 18.9 Å². The lowest BCUT2D eigenvalue weighted by Crippen LogP contribution is -2.40. The van der Waals surface area contributed by atoms with Crippen LogP contribution in [0, 0.1) is 11.8 Å². The van der Waals surface area contributed by atoms with Gasteiger partial charge in [0, 0.05) is 29.7 Å².